The first-order valence-corrected chi connectivity index (χ1v) is 11.9. The summed E-state index contributed by atoms with van der Waals surface area (Å²) in [4.78, 5) is 28.1. The monoisotopic (exact) mass is 494 g/mol. The van der Waals surface area contributed by atoms with Gasteiger partial charge in [0.15, 0.2) is 11.5 Å². The van der Waals surface area contributed by atoms with Crippen LogP contribution in [0.25, 0.3) is 0 Å². The first-order valence-electron chi connectivity index (χ1n) is 11.5. The minimum Gasteiger partial charge on any atom is -0.493 e. The highest BCUT2D eigenvalue weighted by Gasteiger charge is 2.30. The van der Waals surface area contributed by atoms with Crippen LogP contribution < -0.4 is 14.8 Å². The van der Waals surface area contributed by atoms with Crippen molar-refractivity contribution in [3.8, 4) is 11.5 Å². The number of amides is 2. The number of halogens is 1. The van der Waals surface area contributed by atoms with Gasteiger partial charge >= 0.3 is 0 Å². The van der Waals surface area contributed by atoms with Crippen LogP contribution in [0.3, 0.4) is 0 Å². The number of benzene rings is 3. The van der Waals surface area contributed by atoms with Crippen LogP contribution in [0.2, 0.25) is 5.02 Å². The van der Waals surface area contributed by atoms with Crippen molar-refractivity contribution in [3.63, 3.8) is 0 Å². The van der Waals surface area contributed by atoms with E-state index < -0.39 is 6.04 Å². The molecule has 0 aliphatic rings. The van der Waals surface area contributed by atoms with Gasteiger partial charge in [0.2, 0.25) is 11.8 Å². The van der Waals surface area contributed by atoms with Crippen LogP contribution in [0.4, 0.5) is 0 Å². The maximum Gasteiger partial charge on any atom is 0.247 e. The van der Waals surface area contributed by atoms with Crippen molar-refractivity contribution >= 4 is 23.4 Å². The zero-order chi connectivity index (χ0) is 25.2. The molecule has 0 unspecified atom stereocenters. The summed E-state index contributed by atoms with van der Waals surface area (Å²) in [6.07, 6.45) is 0.891. The molecule has 0 aliphatic heterocycles. The van der Waals surface area contributed by atoms with E-state index in [2.05, 4.69) is 5.32 Å². The maximum absolute atomic E-state index is 13.5. The summed E-state index contributed by atoms with van der Waals surface area (Å²) in [7, 11) is 3.18. The van der Waals surface area contributed by atoms with Crippen LogP contribution in [0.15, 0.2) is 72.8 Å². The summed E-state index contributed by atoms with van der Waals surface area (Å²) in [6, 6.07) is 21.6. The lowest BCUT2D eigenvalue weighted by atomic mass is 10.0. The molecule has 0 aromatic heterocycles. The number of rotatable bonds is 11. The second-order valence-corrected chi connectivity index (χ2v) is 8.48. The molecule has 0 heterocycles. The van der Waals surface area contributed by atoms with Crippen molar-refractivity contribution in [2.75, 3.05) is 20.8 Å². The number of carbonyl (C=O) groups excluding carboxylic acids is 2. The standard InChI is InChI=1S/C28H31ClN2O4/c1-4-26(32)31(19-21-10-13-23(29)14-11-21)27(22-8-6-5-7-9-22)28(33)30-17-16-20-12-15-24(34-2)25(18-20)35-3/h5-15,18,27H,4,16-17,19H2,1-3H3,(H,30,33)/t27-/m1/s1. The van der Waals surface area contributed by atoms with Crippen LogP contribution in [0.5, 0.6) is 11.5 Å². The van der Waals surface area contributed by atoms with Crippen LogP contribution >= 0.6 is 11.6 Å². The molecule has 0 aliphatic carbocycles. The molecule has 0 bridgehead atoms. The number of nitrogens with zero attached hydrogens (tertiary/aromatic N) is 1. The summed E-state index contributed by atoms with van der Waals surface area (Å²) >= 11 is 6.03. The molecule has 2 amide bonds. The number of carbonyl (C=O) groups is 2. The van der Waals surface area contributed by atoms with Crippen LogP contribution in [-0.2, 0) is 22.6 Å². The zero-order valence-corrected chi connectivity index (χ0v) is 21.0. The molecular formula is C28H31ClN2O4. The number of hydrogen-bond donors (Lipinski definition) is 1. The van der Waals surface area contributed by atoms with Gasteiger partial charge in [-0.25, -0.2) is 0 Å². The zero-order valence-electron chi connectivity index (χ0n) is 20.3. The topological polar surface area (TPSA) is 67.9 Å². The largest absolute Gasteiger partial charge is 0.493 e. The van der Waals surface area contributed by atoms with Crippen LogP contribution in [0, 0.1) is 0 Å². The lowest BCUT2D eigenvalue weighted by Crippen LogP contribution is -2.43. The fraction of sp³-hybridized carbons (Fsp3) is 0.286. The van der Waals surface area contributed by atoms with E-state index in [9.17, 15) is 9.59 Å². The van der Waals surface area contributed by atoms with E-state index in [1.807, 2.05) is 60.7 Å². The van der Waals surface area contributed by atoms with E-state index in [-0.39, 0.29) is 18.2 Å². The van der Waals surface area contributed by atoms with Gasteiger partial charge in [0, 0.05) is 24.5 Å². The molecule has 3 aromatic carbocycles. The molecule has 0 radical (unpaired) electrons. The molecule has 35 heavy (non-hydrogen) atoms. The summed E-state index contributed by atoms with van der Waals surface area (Å²) in [5.74, 6) is 0.956. The van der Waals surface area contributed by atoms with E-state index in [1.165, 1.54) is 0 Å². The normalized spacial score (nSPS) is 11.4. The molecule has 6 nitrogen and oxygen atoms in total. The predicted octanol–water partition coefficient (Wildman–Crippen LogP) is 5.20. The average molecular weight is 495 g/mol. The Bertz CT molecular complexity index is 1120. The fourth-order valence-corrected chi connectivity index (χ4v) is 4.01. The Balaban J connectivity index is 1.80. The minimum absolute atomic E-state index is 0.108. The lowest BCUT2D eigenvalue weighted by molar-refractivity contribution is -0.141. The first-order chi connectivity index (χ1) is 17.0. The molecule has 0 fully saturated rings. The summed E-state index contributed by atoms with van der Waals surface area (Å²) in [6.45, 7) is 2.51. The second kappa shape index (κ2) is 12.8. The summed E-state index contributed by atoms with van der Waals surface area (Å²) in [5, 5.41) is 3.64. The van der Waals surface area contributed by atoms with Gasteiger partial charge < -0.3 is 19.7 Å². The highest BCUT2D eigenvalue weighted by molar-refractivity contribution is 6.30. The molecule has 0 spiro atoms. The molecule has 3 aromatic rings. The predicted molar refractivity (Wildman–Crippen MR) is 138 cm³/mol. The SMILES string of the molecule is CCC(=O)N(Cc1ccc(Cl)cc1)[C@@H](C(=O)NCCc1ccc(OC)c(OC)c1)c1ccccc1. The summed E-state index contributed by atoms with van der Waals surface area (Å²) in [5.41, 5.74) is 2.66. The first kappa shape index (κ1) is 26.1. The highest BCUT2D eigenvalue weighted by atomic mass is 35.5. The lowest BCUT2D eigenvalue weighted by Gasteiger charge is -2.31. The molecule has 1 atom stereocenters. The third-order valence-corrected chi connectivity index (χ3v) is 5.98. The third-order valence-electron chi connectivity index (χ3n) is 5.73. The molecule has 184 valence electrons. The average Bonchev–Trinajstić information content (AvgIpc) is 2.89. The van der Waals surface area contributed by atoms with Crippen molar-refractivity contribution in [1.82, 2.24) is 10.2 Å². The van der Waals surface area contributed by atoms with E-state index in [4.69, 9.17) is 21.1 Å². The van der Waals surface area contributed by atoms with Gasteiger partial charge in [-0.3, -0.25) is 9.59 Å². The number of hydrogen-bond acceptors (Lipinski definition) is 4. The Labute approximate surface area is 211 Å². The third kappa shape index (κ3) is 6.99. The Morgan fingerprint density at radius 3 is 2.20 bits per heavy atom. The van der Waals surface area contributed by atoms with Crippen molar-refractivity contribution in [2.45, 2.75) is 32.4 Å². The highest BCUT2D eigenvalue weighted by Crippen LogP contribution is 2.28. The Hall–Kier alpha value is -3.51. The molecule has 0 saturated carbocycles. The number of ether oxygens (including phenoxy) is 2. The van der Waals surface area contributed by atoms with Gasteiger partial charge in [-0.1, -0.05) is 67.1 Å². The Kier molecular flexibility index (Phi) is 9.56. The van der Waals surface area contributed by atoms with Crippen molar-refractivity contribution < 1.29 is 19.1 Å². The van der Waals surface area contributed by atoms with Gasteiger partial charge in [0.05, 0.1) is 14.2 Å². The summed E-state index contributed by atoms with van der Waals surface area (Å²) < 4.78 is 10.7. The second-order valence-electron chi connectivity index (χ2n) is 8.05. The van der Waals surface area contributed by atoms with Crippen LogP contribution in [-0.4, -0.2) is 37.5 Å². The van der Waals surface area contributed by atoms with E-state index in [0.717, 1.165) is 16.7 Å². The number of methoxy groups -OCH3 is 2. The fourth-order valence-electron chi connectivity index (χ4n) is 3.88. The maximum atomic E-state index is 13.5. The van der Waals surface area contributed by atoms with E-state index >= 15 is 0 Å². The molecule has 1 N–H and O–H groups in total. The Morgan fingerprint density at radius 2 is 1.57 bits per heavy atom. The minimum atomic E-state index is -0.760. The van der Waals surface area contributed by atoms with Crippen molar-refractivity contribution in [3.05, 3.63) is 94.5 Å². The van der Waals surface area contributed by atoms with Gasteiger partial charge in [-0.2, -0.15) is 0 Å². The molecular weight excluding hydrogens is 464 g/mol. The number of nitrogens with one attached hydrogen (secondary N) is 1. The van der Waals surface area contributed by atoms with Gasteiger partial charge in [0.1, 0.15) is 6.04 Å². The van der Waals surface area contributed by atoms with Crippen LogP contribution in [0.1, 0.15) is 36.1 Å². The van der Waals surface area contributed by atoms with Gasteiger partial charge in [0.25, 0.3) is 0 Å². The molecule has 3 rings (SSSR count). The quantitative estimate of drug-likeness (QED) is 0.398. The Morgan fingerprint density at radius 1 is 0.914 bits per heavy atom. The van der Waals surface area contributed by atoms with E-state index in [0.29, 0.717) is 36.0 Å². The van der Waals surface area contributed by atoms with Crippen molar-refractivity contribution in [1.29, 1.82) is 0 Å². The molecule has 7 heteroatoms. The van der Waals surface area contributed by atoms with Gasteiger partial charge in [-0.05, 0) is 47.4 Å². The van der Waals surface area contributed by atoms with Gasteiger partial charge in [-0.15, -0.1) is 0 Å². The molecule has 0 saturated heterocycles. The van der Waals surface area contributed by atoms with E-state index in [1.54, 1.807) is 38.2 Å². The van der Waals surface area contributed by atoms with Crippen molar-refractivity contribution in [2.24, 2.45) is 0 Å². The smallest absolute Gasteiger partial charge is 0.247 e.